The van der Waals surface area contributed by atoms with Crippen LogP contribution in [0.2, 0.25) is 0 Å². The lowest BCUT2D eigenvalue weighted by Gasteiger charge is -1.82. The van der Waals surface area contributed by atoms with Crippen molar-refractivity contribution in [3.05, 3.63) is 0 Å². The summed E-state index contributed by atoms with van der Waals surface area (Å²) in [6.07, 6.45) is -1.81. The molecule has 0 heterocycles. The van der Waals surface area contributed by atoms with Gasteiger partial charge in [-0.05, 0) is 0 Å². The van der Waals surface area contributed by atoms with Crippen LogP contribution >= 0.6 is 0 Å². The van der Waals surface area contributed by atoms with Crippen molar-refractivity contribution in [3.63, 3.8) is 0 Å². The Morgan fingerprint density at radius 2 is 1.86 bits per heavy atom. The molecule has 7 heavy (non-hydrogen) atoms. The van der Waals surface area contributed by atoms with Crippen LogP contribution in [0.3, 0.4) is 0 Å². The Labute approximate surface area is 39.7 Å². The monoisotopic (exact) mass is 103 g/mol. The summed E-state index contributed by atoms with van der Waals surface area (Å²) in [5, 5.41) is 9.26. The van der Waals surface area contributed by atoms with Crippen LogP contribution in [0.5, 0.6) is 0 Å². The molecule has 39 valence electrons. The SMILES string of the molecule is CC(=O)OC([O])=O. The number of hydrogen-bond acceptors (Lipinski definition) is 3. The van der Waals surface area contributed by atoms with Crippen molar-refractivity contribution in [2.75, 3.05) is 0 Å². The zero-order valence-electron chi connectivity index (χ0n) is 3.63. The molecular formula is C3H3O4. The highest BCUT2D eigenvalue weighted by Gasteiger charge is 2.00. The van der Waals surface area contributed by atoms with Crippen molar-refractivity contribution >= 4 is 12.1 Å². The Bertz CT molecular complexity index is 83.1. The molecule has 0 rings (SSSR count). The lowest BCUT2D eigenvalue weighted by molar-refractivity contribution is -0.137. The number of carbonyl (C=O) groups excluding carboxylic acids is 2. The molecule has 0 atom stereocenters. The number of ether oxygens (including phenoxy) is 1. The molecule has 0 aromatic carbocycles. The number of esters is 1. The van der Waals surface area contributed by atoms with Crippen molar-refractivity contribution in [3.8, 4) is 0 Å². The quantitative estimate of drug-likeness (QED) is 0.322. The summed E-state index contributed by atoms with van der Waals surface area (Å²) < 4.78 is 3.42. The van der Waals surface area contributed by atoms with Gasteiger partial charge in [0.15, 0.2) is 0 Å². The summed E-state index contributed by atoms with van der Waals surface area (Å²) in [5.74, 6) is -0.875. The summed E-state index contributed by atoms with van der Waals surface area (Å²) in [7, 11) is 0. The number of hydrogen-bond donors (Lipinski definition) is 0. The molecule has 0 unspecified atom stereocenters. The fourth-order valence-electron chi connectivity index (χ4n) is 0.117. The van der Waals surface area contributed by atoms with E-state index in [0.29, 0.717) is 0 Å². The van der Waals surface area contributed by atoms with Crippen molar-refractivity contribution < 1.29 is 19.4 Å². The van der Waals surface area contributed by atoms with E-state index in [1.165, 1.54) is 0 Å². The molecule has 0 aliphatic heterocycles. The van der Waals surface area contributed by atoms with Gasteiger partial charge in [0.1, 0.15) is 0 Å². The van der Waals surface area contributed by atoms with Crippen molar-refractivity contribution in [2.45, 2.75) is 6.92 Å². The second kappa shape index (κ2) is 2.17. The Kier molecular flexibility index (Phi) is 1.84. The van der Waals surface area contributed by atoms with Crippen LogP contribution < -0.4 is 0 Å². The fourth-order valence-corrected chi connectivity index (χ4v) is 0.117. The standard InChI is InChI=1S/C3H3O4/c1-2(4)7-3(5)6/h1H3. The van der Waals surface area contributed by atoms with E-state index in [4.69, 9.17) is 0 Å². The first-order valence-electron chi connectivity index (χ1n) is 1.52. The van der Waals surface area contributed by atoms with Crippen molar-refractivity contribution in [1.29, 1.82) is 0 Å². The summed E-state index contributed by atoms with van der Waals surface area (Å²) in [6.45, 7) is 0.982. The average molecular weight is 103 g/mol. The zero-order chi connectivity index (χ0) is 5.86. The first kappa shape index (κ1) is 5.94. The van der Waals surface area contributed by atoms with Gasteiger partial charge in [0.05, 0.1) is 0 Å². The van der Waals surface area contributed by atoms with Gasteiger partial charge in [0.25, 0.3) is 0 Å². The van der Waals surface area contributed by atoms with Crippen LogP contribution in [0.4, 0.5) is 4.79 Å². The second-order valence-corrected chi connectivity index (χ2v) is 0.844. The molecule has 0 aliphatic rings. The van der Waals surface area contributed by atoms with E-state index < -0.39 is 12.1 Å². The normalized spacial score (nSPS) is 7.57. The third kappa shape index (κ3) is 4.94. The molecule has 0 saturated carbocycles. The van der Waals surface area contributed by atoms with Crippen molar-refractivity contribution in [1.82, 2.24) is 0 Å². The largest absolute Gasteiger partial charge is 0.558 e. The van der Waals surface area contributed by atoms with Crippen LogP contribution in [0.1, 0.15) is 6.92 Å². The first-order chi connectivity index (χ1) is 3.13. The van der Waals surface area contributed by atoms with Gasteiger partial charge < -0.3 is 4.74 Å². The van der Waals surface area contributed by atoms with Crippen molar-refractivity contribution in [2.24, 2.45) is 0 Å². The molecule has 0 N–H and O–H groups in total. The van der Waals surface area contributed by atoms with Gasteiger partial charge in [-0.2, -0.15) is 9.90 Å². The van der Waals surface area contributed by atoms with Crippen LogP contribution in [-0.4, -0.2) is 12.1 Å². The minimum Gasteiger partial charge on any atom is -0.358 e. The minimum absolute atomic E-state index is 0.875. The molecule has 4 nitrogen and oxygen atoms in total. The van der Waals surface area contributed by atoms with E-state index in [9.17, 15) is 14.7 Å². The summed E-state index contributed by atoms with van der Waals surface area (Å²) in [5.41, 5.74) is 0. The maximum atomic E-state index is 9.61. The molecular weight excluding hydrogens is 100 g/mol. The van der Waals surface area contributed by atoms with Crippen LogP contribution in [0.25, 0.3) is 0 Å². The fraction of sp³-hybridized carbons (Fsp3) is 0.333. The third-order valence-corrected chi connectivity index (χ3v) is 0.227. The highest BCUT2D eigenvalue weighted by molar-refractivity contribution is 5.78. The predicted molar refractivity (Wildman–Crippen MR) is 17.8 cm³/mol. The van der Waals surface area contributed by atoms with Crippen LogP contribution in [0, 0.1) is 0 Å². The molecule has 0 fully saturated rings. The molecule has 0 aromatic heterocycles. The summed E-state index contributed by atoms with van der Waals surface area (Å²) in [6, 6.07) is 0. The van der Waals surface area contributed by atoms with Gasteiger partial charge in [-0.1, -0.05) is 0 Å². The molecule has 0 bridgehead atoms. The molecule has 0 aromatic rings. The van der Waals surface area contributed by atoms with E-state index >= 15 is 0 Å². The van der Waals surface area contributed by atoms with Crippen LogP contribution in [0.15, 0.2) is 0 Å². The van der Waals surface area contributed by atoms with E-state index in [1.54, 1.807) is 0 Å². The van der Waals surface area contributed by atoms with Crippen LogP contribution in [-0.2, 0) is 14.6 Å². The molecule has 0 aliphatic carbocycles. The third-order valence-electron chi connectivity index (χ3n) is 0.227. The molecule has 0 saturated heterocycles. The number of rotatable bonds is 0. The Balaban J connectivity index is 3.32. The number of carbonyl (C=O) groups is 2. The smallest absolute Gasteiger partial charge is 0.358 e. The summed E-state index contributed by atoms with van der Waals surface area (Å²) in [4.78, 5) is 18.9. The predicted octanol–water partition coefficient (Wildman–Crippen LogP) is 0.100. The highest BCUT2D eigenvalue weighted by atomic mass is 16.7. The average Bonchev–Trinajstić information content (AvgIpc) is 1.27. The Morgan fingerprint density at radius 1 is 1.43 bits per heavy atom. The Hall–Kier alpha value is -1.06. The van der Waals surface area contributed by atoms with Gasteiger partial charge in [-0.25, -0.2) is 0 Å². The minimum atomic E-state index is -1.81. The molecule has 4 heteroatoms. The van der Waals surface area contributed by atoms with E-state index in [1.807, 2.05) is 0 Å². The van der Waals surface area contributed by atoms with Gasteiger partial charge in [-0.3, -0.25) is 4.79 Å². The zero-order valence-corrected chi connectivity index (χ0v) is 3.63. The highest BCUT2D eigenvalue weighted by Crippen LogP contribution is 1.74. The lowest BCUT2D eigenvalue weighted by atomic mass is 10.8. The second-order valence-electron chi connectivity index (χ2n) is 0.844. The van der Waals surface area contributed by atoms with E-state index in [2.05, 4.69) is 4.74 Å². The molecule has 0 spiro atoms. The summed E-state index contributed by atoms with van der Waals surface area (Å²) >= 11 is 0. The lowest BCUT2D eigenvalue weighted by Crippen LogP contribution is -2.02. The topological polar surface area (TPSA) is 63.3 Å². The molecule has 0 amide bonds. The van der Waals surface area contributed by atoms with Gasteiger partial charge in [0.2, 0.25) is 0 Å². The Morgan fingerprint density at radius 3 is 1.86 bits per heavy atom. The van der Waals surface area contributed by atoms with Gasteiger partial charge >= 0.3 is 12.1 Å². The maximum absolute atomic E-state index is 9.61. The van der Waals surface area contributed by atoms with E-state index in [0.717, 1.165) is 6.92 Å². The maximum Gasteiger partial charge on any atom is 0.558 e. The van der Waals surface area contributed by atoms with Gasteiger partial charge in [-0.15, -0.1) is 0 Å². The van der Waals surface area contributed by atoms with Gasteiger partial charge in [0, 0.05) is 6.92 Å². The van der Waals surface area contributed by atoms with E-state index in [-0.39, 0.29) is 0 Å². The first-order valence-corrected chi connectivity index (χ1v) is 1.52. The molecule has 1 radical (unpaired) electrons.